The van der Waals surface area contributed by atoms with Gasteiger partial charge in [-0.2, -0.15) is 0 Å². The summed E-state index contributed by atoms with van der Waals surface area (Å²) in [6.07, 6.45) is 6.29. The van der Waals surface area contributed by atoms with Gasteiger partial charge in [0.15, 0.2) is 0 Å². The van der Waals surface area contributed by atoms with Crippen molar-refractivity contribution in [1.29, 1.82) is 0 Å². The molecule has 3 fully saturated rings. The molecule has 0 atom stereocenters. The summed E-state index contributed by atoms with van der Waals surface area (Å²) in [6.45, 7) is 6.37. The molecule has 3 amide bonds. The molecule has 2 aliphatic heterocycles. The Morgan fingerprint density at radius 2 is 1.81 bits per heavy atom. The van der Waals surface area contributed by atoms with Crippen molar-refractivity contribution in [3.8, 4) is 0 Å². The van der Waals surface area contributed by atoms with Gasteiger partial charge in [0.25, 0.3) is 0 Å². The molecule has 5 nitrogen and oxygen atoms in total. The molecule has 1 saturated carbocycles. The van der Waals surface area contributed by atoms with E-state index in [4.69, 9.17) is 0 Å². The summed E-state index contributed by atoms with van der Waals surface area (Å²) < 4.78 is 0. The maximum atomic E-state index is 12.3. The molecular weight excluding hydrogens is 266 g/mol. The number of amides is 3. The van der Waals surface area contributed by atoms with Gasteiger partial charge in [-0.25, -0.2) is 4.79 Å². The molecule has 0 aromatic carbocycles. The molecule has 0 bridgehead atoms. The molecule has 5 heteroatoms. The highest BCUT2D eigenvalue weighted by Gasteiger charge is 2.37. The van der Waals surface area contributed by atoms with Gasteiger partial charge in [0, 0.05) is 44.7 Å². The van der Waals surface area contributed by atoms with Gasteiger partial charge in [0.05, 0.1) is 0 Å². The predicted octanol–water partition coefficient (Wildman–Crippen LogP) is 1.93. The van der Waals surface area contributed by atoms with Gasteiger partial charge in [0.1, 0.15) is 0 Å². The first-order chi connectivity index (χ1) is 10.2. The van der Waals surface area contributed by atoms with Crippen molar-refractivity contribution >= 4 is 11.9 Å². The fourth-order valence-electron chi connectivity index (χ4n) is 3.73. The van der Waals surface area contributed by atoms with Crippen molar-refractivity contribution in [3.63, 3.8) is 0 Å². The maximum Gasteiger partial charge on any atom is 0.320 e. The highest BCUT2D eigenvalue weighted by molar-refractivity contribution is 5.80. The van der Waals surface area contributed by atoms with Crippen molar-refractivity contribution in [2.75, 3.05) is 32.7 Å². The lowest BCUT2D eigenvalue weighted by molar-refractivity contribution is -0.139. The van der Waals surface area contributed by atoms with Crippen LogP contribution in [-0.4, -0.2) is 65.4 Å². The largest absolute Gasteiger partial charge is 0.342 e. The van der Waals surface area contributed by atoms with Gasteiger partial charge >= 0.3 is 6.03 Å². The van der Waals surface area contributed by atoms with Crippen LogP contribution in [0.15, 0.2) is 0 Å². The second-order valence-electron chi connectivity index (χ2n) is 6.65. The lowest BCUT2D eigenvalue weighted by Gasteiger charge is -2.39. The molecule has 118 valence electrons. The summed E-state index contributed by atoms with van der Waals surface area (Å²) >= 11 is 0. The first-order valence-electron chi connectivity index (χ1n) is 8.55. The number of carbonyl (C=O) groups excluding carboxylic acids is 2. The monoisotopic (exact) mass is 293 g/mol. The van der Waals surface area contributed by atoms with Crippen LogP contribution in [0.3, 0.4) is 0 Å². The second kappa shape index (κ2) is 6.24. The molecule has 2 saturated heterocycles. The summed E-state index contributed by atoms with van der Waals surface area (Å²) in [7, 11) is 0. The summed E-state index contributed by atoms with van der Waals surface area (Å²) in [5, 5.41) is 0. The second-order valence-corrected chi connectivity index (χ2v) is 6.65. The minimum absolute atomic E-state index is 0.209. The standard InChI is InChI=1S/C16H27N3O2/c1-2-8-18-11-12-19(16(18)21)14-6-9-17(10-7-14)15(20)13-4-3-5-13/h13-14H,2-12H2,1H3. The Bertz CT molecular complexity index is 400. The number of urea groups is 1. The van der Waals surface area contributed by atoms with Gasteiger partial charge in [-0.15, -0.1) is 0 Å². The molecule has 0 unspecified atom stereocenters. The number of carbonyl (C=O) groups is 2. The smallest absolute Gasteiger partial charge is 0.320 e. The summed E-state index contributed by atoms with van der Waals surface area (Å²) in [4.78, 5) is 30.6. The van der Waals surface area contributed by atoms with Crippen LogP contribution >= 0.6 is 0 Å². The fourth-order valence-corrected chi connectivity index (χ4v) is 3.73. The van der Waals surface area contributed by atoms with Crippen LogP contribution in [0.2, 0.25) is 0 Å². The third kappa shape index (κ3) is 2.87. The number of piperidine rings is 1. The van der Waals surface area contributed by atoms with Gasteiger partial charge in [-0.1, -0.05) is 13.3 Å². The maximum absolute atomic E-state index is 12.3. The number of hydrogen-bond donors (Lipinski definition) is 0. The molecule has 21 heavy (non-hydrogen) atoms. The molecule has 1 aliphatic carbocycles. The Hall–Kier alpha value is -1.26. The van der Waals surface area contributed by atoms with E-state index in [1.54, 1.807) is 0 Å². The van der Waals surface area contributed by atoms with Crippen molar-refractivity contribution in [1.82, 2.24) is 14.7 Å². The Kier molecular flexibility index (Phi) is 4.36. The van der Waals surface area contributed by atoms with E-state index in [0.717, 1.165) is 64.8 Å². The topological polar surface area (TPSA) is 43.9 Å². The van der Waals surface area contributed by atoms with Crippen LogP contribution in [0.4, 0.5) is 4.79 Å². The third-order valence-corrected chi connectivity index (χ3v) is 5.29. The van der Waals surface area contributed by atoms with Crippen LogP contribution in [-0.2, 0) is 4.79 Å². The first kappa shape index (κ1) is 14.7. The minimum Gasteiger partial charge on any atom is -0.342 e. The Labute approximate surface area is 127 Å². The summed E-state index contributed by atoms with van der Waals surface area (Å²) in [6, 6.07) is 0.547. The highest BCUT2D eigenvalue weighted by atomic mass is 16.2. The zero-order valence-corrected chi connectivity index (χ0v) is 13.1. The molecule has 0 radical (unpaired) electrons. The summed E-state index contributed by atoms with van der Waals surface area (Å²) in [5.74, 6) is 0.662. The van der Waals surface area contributed by atoms with E-state index in [1.165, 1.54) is 6.42 Å². The Balaban J connectivity index is 1.49. The van der Waals surface area contributed by atoms with Gasteiger partial charge in [0.2, 0.25) is 5.91 Å². The molecule has 0 spiro atoms. The summed E-state index contributed by atoms with van der Waals surface area (Å²) in [5.41, 5.74) is 0. The zero-order chi connectivity index (χ0) is 14.8. The van der Waals surface area contributed by atoms with Gasteiger partial charge in [-0.05, 0) is 32.1 Å². The quantitative estimate of drug-likeness (QED) is 0.795. The van der Waals surface area contributed by atoms with Gasteiger partial charge in [-0.3, -0.25) is 4.79 Å². The molecule has 3 aliphatic rings. The van der Waals surface area contributed by atoms with Crippen molar-refractivity contribution in [2.45, 2.75) is 51.5 Å². The average Bonchev–Trinajstić information content (AvgIpc) is 2.79. The van der Waals surface area contributed by atoms with Crippen LogP contribution < -0.4 is 0 Å². The van der Waals surface area contributed by atoms with Crippen LogP contribution in [0, 0.1) is 5.92 Å². The predicted molar refractivity (Wildman–Crippen MR) is 80.9 cm³/mol. The molecule has 0 N–H and O–H groups in total. The molecule has 3 rings (SSSR count). The van der Waals surface area contributed by atoms with Crippen LogP contribution in [0.25, 0.3) is 0 Å². The normalized spacial score (nSPS) is 24.6. The van der Waals surface area contributed by atoms with E-state index in [0.29, 0.717) is 17.9 Å². The Morgan fingerprint density at radius 1 is 1.10 bits per heavy atom. The third-order valence-electron chi connectivity index (χ3n) is 5.29. The zero-order valence-electron chi connectivity index (χ0n) is 13.1. The lowest BCUT2D eigenvalue weighted by Crippen LogP contribution is -2.49. The van der Waals surface area contributed by atoms with E-state index in [9.17, 15) is 9.59 Å². The average molecular weight is 293 g/mol. The first-order valence-corrected chi connectivity index (χ1v) is 8.55. The van der Waals surface area contributed by atoms with E-state index in [2.05, 4.69) is 6.92 Å². The lowest BCUT2D eigenvalue weighted by atomic mass is 9.84. The number of nitrogens with zero attached hydrogens (tertiary/aromatic N) is 3. The molecule has 2 heterocycles. The van der Waals surface area contributed by atoms with E-state index >= 15 is 0 Å². The highest BCUT2D eigenvalue weighted by Crippen LogP contribution is 2.30. The molecular formula is C16H27N3O2. The minimum atomic E-state index is 0.209. The van der Waals surface area contributed by atoms with E-state index in [1.807, 2.05) is 14.7 Å². The SMILES string of the molecule is CCCN1CCN(C2CCN(C(=O)C3CCC3)CC2)C1=O. The van der Waals surface area contributed by atoms with E-state index in [-0.39, 0.29) is 6.03 Å². The Morgan fingerprint density at radius 3 is 2.38 bits per heavy atom. The fraction of sp³-hybridized carbons (Fsp3) is 0.875. The van der Waals surface area contributed by atoms with Crippen molar-refractivity contribution in [2.24, 2.45) is 5.92 Å². The van der Waals surface area contributed by atoms with Gasteiger partial charge < -0.3 is 14.7 Å². The van der Waals surface area contributed by atoms with Crippen LogP contribution in [0.1, 0.15) is 45.4 Å². The molecule has 0 aromatic heterocycles. The van der Waals surface area contributed by atoms with E-state index < -0.39 is 0 Å². The number of hydrogen-bond acceptors (Lipinski definition) is 2. The molecule has 0 aromatic rings. The van der Waals surface area contributed by atoms with Crippen LogP contribution in [0.5, 0.6) is 0 Å². The number of rotatable bonds is 4. The van der Waals surface area contributed by atoms with Crippen molar-refractivity contribution < 1.29 is 9.59 Å². The number of likely N-dealkylation sites (tertiary alicyclic amines) is 1. The van der Waals surface area contributed by atoms with Crippen molar-refractivity contribution in [3.05, 3.63) is 0 Å².